The molecule has 0 bridgehead atoms. The molecule has 0 radical (unpaired) electrons. The summed E-state index contributed by atoms with van der Waals surface area (Å²) in [6.07, 6.45) is 7.23. The molecule has 1 unspecified atom stereocenters. The second-order valence-corrected chi connectivity index (χ2v) is 9.28. The third-order valence-corrected chi connectivity index (χ3v) is 8.42. The minimum absolute atomic E-state index is 0.143. The topological polar surface area (TPSA) is 77.8 Å². The van der Waals surface area contributed by atoms with E-state index in [0.717, 1.165) is 25.2 Å². The highest BCUT2D eigenvalue weighted by Gasteiger charge is 2.71. The Labute approximate surface area is 138 Å². The molecular weight excluding hydrogens is 292 g/mol. The van der Waals surface area contributed by atoms with Gasteiger partial charge in [-0.1, -0.05) is 26.7 Å². The number of carbonyl (C=O) groups is 1. The monoisotopic (exact) mass is 322 g/mol. The Kier molecular flexibility index (Phi) is 3.35. The van der Waals surface area contributed by atoms with Gasteiger partial charge in [0.15, 0.2) is 11.9 Å². The Bertz CT molecular complexity index is 529. The van der Waals surface area contributed by atoms with E-state index in [1.54, 1.807) is 0 Å². The number of ketones is 1. The molecule has 7 atom stereocenters. The van der Waals surface area contributed by atoms with Gasteiger partial charge in [-0.3, -0.25) is 4.79 Å². The van der Waals surface area contributed by atoms with Crippen LogP contribution in [0.3, 0.4) is 0 Å². The molecule has 0 heterocycles. The minimum atomic E-state index is -2.26. The minimum Gasteiger partial charge on any atom is -0.380 e. The number of fused-ring (bicyclic) bond motifs is 5. The molecule has 0 spiro atoms. The maximum Gasteiger partial charge on any atom is 0.200 e. The highest BCUT2D eigenvalue weighted by Crippen LogP contribution is 2.66. The second-order valence-electron chi connectivity index (χ2n) is 9.28. The summed E-state index contributed by atoms with van der Waals surface area (Å²) in [5.41, 5.74) is -0.503. The zero-order chi connectivity index (χ0) is 16.6. The van der Waals surface area contributed by atoms with E-state index in [4.69, 9.17) is 0 Å². The molecule has 0 aromatic heterocycles. The van der Waals surface area contributed by atoms with Gasteiger partial charge in [0.25, 0.3) is 0 Å². The molecule has 0 aromatic carbocycles. The van der Waals surface area contributed by atoms with E-state index >= 15 is 0 Å². The van der Waals surface area contributed by atoms with Crippen LogP contribution in [-0.2, 0) is 4.79 Å². The molecule has 4 heteroatoms. The van der Waals surface area contributed by atoms with Crippen LogP contribution in [0.1, 0.15) is 65.2 Å². The van der Waals surface area contributed by atoms with E-state index in [0.29, 0.717) is 12.3 Å². The number of carbonyl (C=O) groups excluding carboxylic acids is 1. The quantitative estimate of drug-likeness (QED) is 0.598. The molecule has 4 saturated carbocycles. The van der Waals surface area contributed by atoms with E-state index in [1.165, 1.54) is 25.7 Å². The Hall–Kier alpha value is -0.450. The van der Waals surface area contributed by atoms with E-state index in [-0.39, 0.29) is 17.1 Å². The first kappa shape index (κ1) is 16.0. The molecule has 0 saturated heterocycles. The van der Waals surface area contributed by atoms with Crippen LogP contribution in [-0.4, -0.2) is 33.0 Å². The molecule has 23 heavy (non-hydrogen) atoms. The molecule has 4 rings (SSSR count). The van der Waals surface area contributed by atoms with Gasteiger partial charge >= 0.3 is 0 Å². The molecule has 4 nitrogen and oxygen atoms in total. The number of hydrogen-bond acceptors (Lipinski definition) is 4. The fraction of sp³-hybridized carbons (Fsp3) is 0.947. The Morgan fingerprint density at radius 3 is 2.48 bits per heavy atom. The van der Waals surface area contributed by atoms with Crippen molar-refractivity contribution in [2.45, 2.75) is 77.1 Å². The number of aliphatic hydroxyl groups excluding tert-OH is 1. The van der Waals surface area contributed by atoms with Gasteiger partial charge < -0.3 is 15.3 Å². The normalized spacial score (nSPS) is 55.0. The van der Waals surface area contributed by atoms with Crippen molar-refractivity contribution >= 4 is 5.78 Å². The smallest absolute Gasteiger partial charge is 0.200 e. The molecule has 0 aromatic rings. The van der Waals surface area contributed by atoms with E-state index in [1.807, 2.05) is 6.92 Å². The van der Waals surface area contributed by atoms with Crippen molar-refractivity contribution in [3.05, 3.63) is 0 Å². The van der Waals surface area contributed by atoms with Crippen LogP contribution in [0, 0.1) is 34.5 Å². The van der Waals surface area contributed by atoms with Gasteiger partial charge in [-0.2, -0.15) is 0 Å². The zero-order valence-corrected chi connectivity index (χ0v) is 14.3. The van der Waals surface area contributed by atoms with E-state index in [2.05, 4.69) is 6.92 Å². The van der Waals surface area contributed by atoms with Crippen molar-refractivity contribution < 1.29 is 20.1 Å². The lowest BCUT2D eigenvalue weighted by Crippen LogP contribution is -2.57. The summed E-state index contributed by atoms with van der Waals surface area (Å²) in [7, 11) is 0. The predicted molar refractivity (Wildman–Crippen MR) is 85.3 cm³/mol. The zero-order valence-electron chi connectivity index (χ0n) is 14.3. The van der Waals surface area contributed by atoms with Gasteiger partial charge in [0, 0.05) is 11.3 Å². The average Bonchev–Trinajstić information content (AvgIpc) is 2.64. The van der Waals surface area contributed by atoms with Crippen molar-refractivity contribution in [3.8, 4) is 0 Å². The first-order chi connectivity index (χ1) is 10.7. The SMILES string of the molecule is C[C@]12CCCC[C@@H]1CC[C@H]1[C@@H]3C(O)(O)C(O)C(=O)[C@@]3(C)CC[C@@H]12. The number of rotatable bonds is 0. The average molecular weight is 322 g/mol. The summed E-state index contributed by atoms with van der Waals surface area (Å²) in [5, 5.41) is 31.4. The van der Waals surface area contributed by atoms with Crippen molar-refractivity contribution in [3.63, 3.8) is 0 Å². The van der Waals surface area contributed by atoms with Crippen molar-refractivity contribution in [1.82, 2.24) is 0 Å². The maximum atomic E-state index is 12.5. The lowest BCUT2D eigenvalue weighted by atomic mass is 9.45. The van der Waals surface area contributed by atoms with E-state index in [9.17, 15) is 20.1 Å². The summed E-state index contributed by atoms with van der Waals surface area (Å²) in [6, 6.07) is 0. The van der Waals surface area contributed by atoms with Crippen LogP contribution in [0.25, 0.3) is 0 Å². The molecule has 0 aliphatic heterocycles. The molecule has 3 N–H and O–H groups in total. The van der Waals surface area contributed by atoms with Gasteiger partial charge in [0.05, 0.1) is 0 Å². The predicted octanol–water partition coefficient (Wildman–Crippen LogP) is 2.25. The van der Waals surface area contributed by atoms with Crippen LogP contribution in [0.5, 0.6) is 0 Å². The van der Waals surface area contributed by atoms with Gasteiger partial charge in [-0.25, -0.2) is 0 Å². The number of Topliss-reactive ketones (excluding diaryl/α,β-unsaturated/α-hetero) is 1. The van der Waals surface area contributed by atoms with Crippen LogP contribution >= 0.6 is 0 Å². The first-order valence-electron chi connectivity index (χ1n) is 9.40. The lowest BCUT2D eigenvalue weighted by molar-refractivity contribution is -0.268. The molecule has 4 aliphatic carbocycles. The summed E-state index contributed by atoms with van der Waals surface area (Å²) in [5.74, 6) is -1.79. The molecule has 4 aliphatic rings. The Morgan fingerprint density at radius 1 is 1.00 bits per heavy atom. The van der Waals surface area contributed by atoms with Gasteiger partial charge in [-0.05, 0) is 61.7 Å². The Morgan fingerprint density at radius 2 is 1.74 bits per heavy atom. The fourth-order valence-electron chi connectivity index (χ4n) is 7.24. The van der Waals surface area contributed by atoms with Crippen molar-refractivity contribution in [2.75, 3.05) is 0 Å². The maximum absolute atomic E-state index is 12.5. The van der Waals surface area contributed by atoms with Crippen LogP contribution in [0.4, 0.5) is 0 Å². The third kappa shape index (κ3) is 1.86. The van der Waals surface area contributed by atoms with Crippen LogP contribution in [0.15, 0.2) is 0 Å². The van der Waals surface area contributed by atoms with Crippen molar-refractivity contribution in [2.24, 2.45) is 34.5 Å². The summed E-state index contributed by atoms with van der Waals surface area (Å²) in [4.78, 5) is 12.5. The second kappa shape index (κ2) is 4.80. The summed E-state index contributed by atoms with van der Waals surface area (Å²) >= 11 is 0. The molecular formula is C19H30O4. The molecule has 4 fully saturated rings. The number of aliphatic hydroxyl groups is 3. The number of hydrogen-bond donors (Lipinski definition) is 3. The standard InChI is InChI=1S/C19H30O4/c1-17-9-4-3-5-11(17)6-7-12-13(17)8-10-18(2)14(12)19(22,23)16(21)15(18)20/h11-14,16,21-23H,3-10H2,1-2H3/t11-,12-,13+,14+,16?,17+,18+/m1/s1. The van der Waals surface area contributed by atoms with Crippen LogP contribution in [0.2, 0.25) is 0 Å². The highest BCUT2D eigenvalue weighted by atomic mass is 16.5. The van der Waals surface area contributed by atoms with Gasteiger partial charge in [0.1, 0.15) is 0 Å². The molecule has 130 valence electrons. The summed E-state index contributed by atoms with van der Waals surface area (Å²) in [6.45, 7) is 4.25. The van der Waals surface area contributed by atoms with Gasteiger partial charge in [0.2, 0.25) is 5.79 Å². The van der Waals surface area contributed by atoms with Crippen LogP contribution < -0.4 is 0 Å². The molecule has 0 amide bonds. The van der Waals surface area contributed by atoms with Gasteiger partial charge in [-0.15, -0.1) is 0 Å². The van der Waals surface area contributed by atoms with Crippen molar-refractivity contribution in [1.29, 1.82) is 0 Å². The lowest BCUT2D eigenvalue weighted by Gasteiger charge is -2.60. The highest BCUT2D eigenvalue weighted by molar-refractivity contribution is 5.92. The Balaban J connectivity index is 1.74. The fourth-order valence-corrected chi connectivity index (χ4v) is 7.24. The first-order valence-corrected chi connectivity index (χ1v) is 9.40. The summed E-state index contributed by atoms with van der Waals surface area (Å²) < 4.78 is 0. The third-order valence-electron chi connectivity index (χ3n) is 8.42. The van der Waals surface area contributed by atoms with E-state index < -0.39 is 23.2 Å². The largest absolute Gasteiger partial charge is 0.380 e.